The Kier molecular flexibility index (Phi) is 4.36. The van der Waals surface area contributed by atoms with Crippen LogP contribution in [0.25, 0.3) is 0 Å². The predicted molar refractivity (Wildman–Crippen MR) is 66.2 cm³/mol. The highest BCUT2D eigenvalue weighted by Gasteiger charge is 2.15. The van der Waals surface area contributed by atoms with Gasteiger partial charge in [-0.05, 0) is 66.0 Å². The number of carbonyl (C=O) groups is 3. The van der Waals surface area contributed by atoms with E-state index in [1.54, 1.807) is 0 Å². The molecule has 15 heavy (non-hydrogen) atoms. The van der Waals surface area contributed by atoms with Gasteiger partial charge in [-0.3, -0.25) is 14.4 Å². The van der Waals surface area contributed by atoms with Crippen LogP contribution in [0.5, 0.6) is 0 Å². The first-order valence-corrected chi connectivity index (χ1v) is 6.05. The Labute approximate surface area is 111 Å². The highest BCUT2D eigenvalue weighted by atomic mass is 79.9. The Balaban J connectivity index is 3.40. The van der Waals surface area contributed by atoms with Gasteiger partial charge in [-0.2, -0.15) is 0 Å². The first kappa shape index (κ1) is 12.7. The fourth-order valence-electron chi connectivity index (χ4n) is 1.00. The lowest BCUT2D eigenvalue weighted by Crippen LogP contribution is -2.02. The van der Waals surface area contributed by atoms with Crippen molar-refractivity contribution in [1.82, 2.24) is 0 Å². The number of hydrogen-bond acceptors (Lipinski definition) is 3. The molecule has 0 aliphatic rings. The van der Waals surface area contributed by atoms with Gasteiger partial charge in [0.05, 0.1) is 0 Å². The maximum absolute atomic E-state index is 11.2. The van der Waals surface area contributed by atoms with Crippen LogP contribution in [0, 0.1) is 0 Å². The molecule has 0 spiro atoms. The highest BCUT2D eigenvalue weighted by molar-refractivity contribution is 9.19. The zero-order valence-corrected chi connectivity index (χ0v) is 11.8. The quantitative estimate of drug-likeness (QED) is 0.734. The van der Waals surface area contributed by atoms with Crippen molar-refractivity contribution in [1.29, 1.82) is 0 Å². The number of benzene rings is 1. The third-order valence-corrected chi connectivity index (χ3v) is 2.98. The summed E-state index contributed by atoms with van der Waals surface area (Å²) in [6.07, 6.45) is 0. The molecule has 1 rings (SSSR count). The third-order valence-electron chi connectivity index (χ3n) is 1.67. The van der Waals surface area contributed by atoms with Crippen molar-refractivity contribution >= 4 is 61.9 Å². The molecule has 0 bridgehead atoms. The van der Waals surface area contributed by atoms with E-state index in [0.717, 1.165) is 0 Å². The Hall–Kier alpha value is -0.330. The van der Waals surface area contributed by atoms with E-state index in [1.165, 1.54) is 18.2 Å². The number of hydrogen-bond donors (Lipinski definition) is 0. The molecule has 0 N–H and O–H groups in total. The van der Waals surface area contributed by atoms with Gasteiger partial charge >= 0.3 is 0 Å². The third kappa shape index (κ3) is 3.06. The zero-order chi connectivity index (χ0) is 11.6. The summed E-state index contributed by atoms with van der Waals surface area (Å²) in [7, 11) is 0. The average molecular weight is 399 g/mol. The second-order valence-electron chi connectivity index (χ2n) is 2.58. The number of carbonyl (C=O) groups excluding carboxylic acids is 3. The van der Waals surface area contributed by atoms with Gasteiger partial charge in [-0.25, -0.2) is 0 Å². The van der Waals surface area contributed by atoms with Crippen LogP contribution < -0.4 is 0 Å². The summed E-state index contributed by atoms with van der Waals surface area (Å²) in [5.41, 5.74) is 0.687. The van der Waals surface area contributed by atoms with Crippen LogP contribution in [0.4, 0.5) is 0 Å². The van der Waals surface area contributed by atoms with Crippen molar-refractivity contribution in [3.63, 3.8) is 0 Å². The molecule has 0 saturated carbocycles. The van der Waals surface area contributed by atoms with Gasteiger partial charge in [0.25, 0.3) is 0 Å². The van der Waals surface area contributed by atoms with Crippen LogP contribution in [0.15, 0.2) is 18.2 Å². The first-order valence-electron chi connectivity index (χ1n) is 3.67. The topological polar surface area (TPSA) is 51.2 Å². The fraction of sp³-hybridized carbons (Fsp3) is 0. The van der Waals surface area contributed by atoms with Gasteiger partial charge < -0.3 is 0 Å². The minimum Gasteiger partial charge on any atom is -0.281 e. The molecule has 1 aromatic rings. The van der Waals surface area contributed by atoms with E-state index >= 15 is 0 Å². The molecule has 0 unspecified atom stereocenters. The Morgan fingerprint density at radius 1 is 0.800 bits per heavy atom. The van der Waals surface area contributed by atoms with Crippen molar-refractivity contribution in [3.8, 4) is 0 Å². The van der Waals surface area contributed by atoms with E-state index in [4.69, 9.17) is 0 Å². The van der Waals surface area contributed by atoms with Gasteiger partial charge in [0.1, 0.15) is 0 Å². The fourth-order valence-corrected chi connectivity index (χ4v) is 1.92. The molecule has 0 atom stereocenters. The van der Waals surface area contributed by atoms with E-state index in [-0.39, 0.29) is 15.8 Å². The normalized spacial score (nSPS) is 9.80. The Morgan fingerprint density at radius 3 is 1.73 bits per heavy atom. The zero-order valence-electron chi connectivity index (χ0n) is 7.09. The molecule has 6 heteroatoms. The van der Waals surface area contributed by atoms with E-state index in [2.05, 4.69) is 47.8 Å². The molecule has 0 aliphatic carbocycles. The van der Waals surface area contributed by atoms with Crippen LogP contribution in [0.3, 0.4) is 0 Å². The lowest BCUT2D eigenvalue weighted by Gasteiger charge is -2.02. The largest absolute Gasteiger partial charge is 0.281 e. The maximum atomic E-state index is 11.2. The summed E-state index contributed by atoms with van der Waals surface area (Å²) in [6, 6.07) is 4.23. The number of halogens is 3. The maximum Gasteiger partial charge on any atom is 0.228 e. The minimum absolute atomic E-state index is 0.155. The second kappa shape index (κ2) is 5.14. The van der Waals surface area contributed by atoms with Crippen molar-refractivity contribution in [2.75, 3.05) is 0 Å². The van der Waals surface area contributed by atoms with Gasteiger partial charge in [-0.15, -0.1) is 0 Å². The molecule has 0 heterocycles. The molecule has 0 saturated heterocycles. The van der Waals surface area contributed by atoms with Gasteiger partial charge in [0.2, 0.25) is 14.1 Å². The molecule has 3 nitrogen and oxygen atoms in total. The first-order chi connectivity index (χ1) is 6.93. The molecule has 1 aromatic carbocycles. The van der Waals surface area contributed by atoms with Crippen LogP contribution in [-0.2, 0) is 0 Å². The van der Waals surface area contributed by atoms with Crippen LogP contribution in [-0.4, -0.2) is 14.1 Å². The summed E-state index contributed by atoms with van der Waals surface area (Å²) in [5.74, 6) is 0. The van der Waals surface area contributed by atoms with Crippen molar-refractivity contribution in [2.24, 2.45) is 0 Å². The van der Waals surface area contributed by atoms with Crippen LogP contribution in [0.1, 0.15) is 31.1 Å². The highest BCUT2D eigenvalue weighted by Crippen LogP contribution is 2.19. The molecule has 0 radical (unpaired) electrons. The van der Waals surface area contributed by atoms with E-state index < -0.39 is 9.39 Å². The molecular weight excluding hydrogens is 396 g/mol. The van der Waals surface area contributed by atoms with Crippen molar-refractivity contribution in [3.05, 3.63) is 34.9 Å². The molecule has 0 fully saturated rings. The summed E-state index contributed by atoms with van der Waals surface area (Å²) < 4.78 is -1.19. The lowest BCUT2D eigenvalue weighted by atomic mass is 10.1. The SMILES string of the molecule is O=C(Br)c1ccc(C(=O)Br)c(C(=O)Br)c1. The summed E-state index contributed by atoms with van der Waals surface area (Å²) in [6.45, 7) is 0. The number of rotatable bonds is 3. The summed E-state index contributed by atoms with van der Waals surface area (Å²) in [5, 5.41) is 0. The lowest BCUT2D eigenvalue weighted by molar-refractivity contribution is 0.106. The van der Waals surface area contributed by atoms with Crippen LogP contribution >= 0.6 is 47.8 Å². The summed E-state index contributed by atoms with van der Waals surface area (Å²) >= 11 is 8.27. The molecule has 78 valence electrons. The Bertz CT molecular complexity index is 454. The van der Waals surface area contributed by atoms with Crippen LogP contribution in [0.2, 0.25) is 0 Å². The van der Waals surface area contributed by atoms with Crippen molar-refractivity contribution in [2.45, 2.75) is 0 Å². The second-order valence-corrected chi connectivity index (χ2v) is 4.74. The van der Waals surface area contributed by atoms with Gasteiger partial charge in [-0.1, -0.05) is 0 Å². The predicted octanol–water partition coefficient (Wildman–Crippen LogP) is 3.29. The van der Waals surface area contributed by atoms with Gasteiger partial charge in [0.15, 0.2) is 0 Å². The van der Waals surface area contributed by atoms with E-state index in [0.29, 0.717) is 5.56 Å². The summed E-state index contributed by atoms with van der Waals surface area (Å²) in [4.78, 5) is 33.3. The van der Waals surface area contributed by atoms with Gasteiger partial charge in [0, 0.05) is 16.7 Å². The molecule has 0 aromatic heterocycles. The smallest absolute Gasteiger partial charge is 0.228 e. The molecular formula is C9H3Br3O3. The van der Waals surface area contributed by atoms with E-state index in [9.17, 15) is 14.4 Å². The Morgan fingerprint density at radius 2 is 1.33 bits per heavy atom. The van der Waals surface area contributed by atoms with Crippen molar-refractivity contribution < 1.29 is 14.4 Å². The monoisotopic (exact) mass is 396 g/mol. The molecule has 0 amide bonds. The average Bonchev–Trinajstić information content (AvgIpc) is 2.16. The standard InChI is InChI=1S/C9H3Br3O3/c10-7(13)4-1-2-5(8(11)14)6(3-4)9(12)15/h1-3H. The van der Waals surface area contributed by atoms with E-state index in [1.807, 2.05) is 0 Å². The molecule has 0 aliphatic heterocycles. The minimum atomic E-state index is -0.444.